The number of amides is 1. The van der Waals surface area contributed by atoms with E-state index in [0.717, 1.165) is 0 Å². The van der Waals surface area contributed by atoms with Crippen LogP contribution in [0.3, 0.4) is 0 Å². The molecule has 0 radical (unpaired) electrons. The summed E-state index contributed by atoms with van der Waals surface area (Å²) < 4.78 is 0.578. The van der Waals surface area contributed by atoms with E-state index in [1.165, 1.54) is 6.07 Å². The number of benzene rings is 1. The molecule has 0 aliphatic heterocycles. The van der Waals surface area contributed by atoms with E-state index in [1.54, 1.807) is 18.2 Å². The molecule has 0 unspecified atom stereocenters. The first-order valence-corrected chi connectivity index (χ1v) is 4.01. The third-order valence-corrected chi connectivity index (χ3v) is 2.03. The number of primary amides is 1. The average molecular weight is 228 g/mol. The van der Waals surface area contributed by atoms with E-state index in [1.807, 2.05) is 0 Å². The summed E-state index contributed by atoms with van der Waals surface area (Å²) in [5, 5.41) is 0. The Kier molecular flexibility index (Phi) is 2.60. The summed E-state index contributed by atoms with van der Waals surface area (Å²) in [6.07, 6.45) is 0. The van der Waals surface area contributed by atoms with Crippen LogP contribution >= 0.6 is 15.9 Å². The number of halogens is 1. The number of ketones is 1. The Balaban J connectivity index is 3.11. The number of hydrogen-bond acceptors (Lipinski definition) is 2. The predicted octanol–water partition coefficient (Wildman–Crippen LogP) is 1.12. The van der Waals surface area contributed by atoms with Gasteiger partial charge in [-0.05, 0) is 12.1 Å². The molecule has 0 aliphatic rings. The number of carbonyl (C=O) groups is 2. The molecule has 4 heteroatoms. The first-order chi connectivity index (χ1) is 5.63. The molecule has 1 rings (SSSR count). The van der Waals surface area contributed by atoms with Crippen molar-refractivity contribution in [2.45, 2.75) is 0 Å². The van der Waals surface area contributed by atoms with Crippen LogP contribution in [0.15, 0.2) is 28.7 Å². The van der Waals surface area contributed by atoms with Gasteiger partial charge in [-0.15, -0.1) is 0 Å². The first-order valence-electron chi connectivity index (χ1n) is 3.21. The Hall–Kier alpha value is -1.16. The highest BCUT2D eigenvalue weighted by molar-refractivity contribution is 9.10. The van der Waals surface area contributed by atoms with Gasteiger partial charge in [0.1, 0.15) is 0 Å². The fraction of sp³-hybridized carbons (Fsp3) is 0. The highest BCUT2D eigenvalue weighted by Crippen LogP contribution is 2.15. The van der Waals surface area contributed by atoms with Crippen LogP contribution in [0.2, 0.25) is 0 Å². The fourth-order valence-corrected chi connectivity index (χ4v) is 1.24. The van der Waals surface area contributed by atoms with E-state index in [0.29, 0.717) is 10.0 Å². The molecule has 0 spiro atoms. The molecule has 62 valence electrons. The second-order valence-electron chi connectivity index (χ2n) is 2.17. The van der Waals surface area contributed by atoms with Crippen LogP contribution in [-0.2, 0) is 4.79 Å². The van der Waals surface area contributed by atoms with Crippen molar-refractivity contribution in [1.29, 1.82) is 0 Å². The fourth-order valence-electron chi connectivity index (χ4n) is 0.778. The third kappa shape index (κ3) is 1.71. The van der Waals surface area contributed by atoms with Gasteiger partial charge in [0, 0.05) is 10.0 Å². The number of hydrogen-bond donors (Lipinski definition) is 1. The van der Waals surface area contributed by atoms with Gasteiger partial charge >= 0.3 is 0 Å². The Morgan fingerprint density at radius 2 is 1.83 bits per heavy atom. The van der Waals surface area contributed by atoms with E-state index < -0.39 is 11.7 Å². The second kappa shape index (κ2) is 3.49. The van der Waals surface area contributed by atoms with Gasteiger partial charge in [-0.2, -0.15) is 0 Å². The van der Waals surface area contributed by atoms with Crippen molar-refractivity contribution in [3.8, 4) is 0 Å². The van der Waals surface area contributed by atoms with Gasteiger partial charge in [0.2, 0.25) is 0 Å². The van der Waals surface area contributed by atoms with E-state index in [2.05, 4.69) is 15.9 Å². The van der Waals surface area contributed by atoms with Crippen molar-refractivity contribution >= 4 is 27.6 Å². The van der Waals surface area contributed by atoms with Crippen LogP contribution in [0.4, 0.5) is 0 Å². The molecule has 0 saturated heterocycles. The van der Waals surface area contributed by atoms with Crippen molar-refractivity contribution < 1.29 is 9.59 Å². The SMILES string of the molecule is NC(=O)C(=O)c1ccccc1Br. The highest BCUT2D eigenvalue weighted by atomic mass is 79.9. The van der Waals surface area contributed by atoms with Crippen LogP contribution in [0, 0.1) is 0 Å². The zero-order valence-corrected chi connectivity index (χ0v) is 7.67. The molecule has 0 heterocycles. The molecule has 1 aromatic rings. The van der Waals surface area contributed by atoms with Gasteiger partial charge in [0.15, 0.2) is 0 Å². The smallest absolute Gasteiger partial charge is 0.289 e. The summed E-state index contributed by atoms with van der Waals surface area (Å²) in [4.78, 5) is 21.6. The van der Waals surface area contributed by atoms with Crippen molar-refractivity contribution in [2.75, 3.05) is 0 Å². The Labute approximate surface area is 77.7 Å². The van der Waals surface area contributed by atoms with Gasteiger partial charge in [0.05, 0.1) is 0 Å². The molecule has 0 aromatic heterocycles. The van der Waals surface area contributed by atoms with Gasteiger partial charge in [-0.25, -0.2) is 0 Å². The average Bonchev–Trinajstić information content (AvgIpc) is 2.04. The molecule has 0 aliphatic carbocycles. The van der Waals surface area contributed by atoms with E-state index in [9.17, 15) is 9.59 Å². The minimum atomic E-state index is -0.943. The standard InChI is InChI=1S/C8H6BrNO2/c9-6-4-2-1-3-5(6)7(11)8(10)12/h1-4H,(H2,10,12). The van der Waals surface area contributed by atoms with Gasteiger partial charge in [-0.1, -0.05) is 28.1 Å². The maximum atomic E-state index is 11.1. The van der Waals surface area contributed by atoms with E-state index in [-0.39, 0.29) is 0 Å². The maximum Gasteiger partial charge on any atom is 0.289 e. The van der Waals surface area contributed by atoms with Crippen LogP contribution in [0.25, 0.3) is 0 Å². The van der Waals surface area contributed by atoms with Crippen molar-refractivity contribution in [3.05, 3.63) is 34.3 Å². The third-order valence-electron chi connectivity index (χ3n) is 1.34. The van der Waals surface area contributed by atoms with Crippen LogP contribution in [0.1, 0.15) is 10.4 Å². The lowest BCUT2D eigenvalue weighted by atomic mass is 10.1. The Morgan fingerprint density at radius 1 is 1.25 bits per heavy atom. The number of rotatable bonds is 2. The second-order valence-corrected chi connectivity index (χ2v) is 3.03. The summed E-state index contributed by atoms with van der Waals surface area (Å²) in [5.41, 5.74) is 5.12. The van der Waals surface area contributed by atoms with Gasteiger partial charge < -0.3 is 5.73 Å². The summed E-state index contributed by atoms with van der Waals surface area (Å²) in [6.45, 7) is 0. The zero-order chi connectivity index (χ0) is 9.14. The normalized spacial score (nSPS) is 9.42. The summed E-state index contributed by atoms with van der Waals surface area (Å²) in [5.74, 6) is -1.62. The van der Waals surface area contributed by atoms with Crippen molar-refractivity contribution in [2.24, 2.45) is 5.73 Å². The lowest BCUT2D eigenvalue weighted by molar-refractivity contribution is -0.114. The molecule has 0 atom stereocenters. The molecule has 0 bridgehead atoms. The summed E-state index contributed by atoms with van der Waals surface area (Å²) in [7, 11) is 0. The molecular weight excluding hydrogens is 222 g/mol. The summed E-state index contributed by atoms with van der Waals surface area (Å²) in [6, 6.07) is 6.64. The van der Waals surface area contributed by atoms with Crippen LogP contribution in [0.5, 0.6) is 0 Å². The van der Waals surface area contributed by atoms with Gasteiger partial charge in [-0.3, -0.25) is 9.59 Å². The Morgan fingerprint density at radius 3 is 2.33 bits per heavy atom. The zero-order valence-electron chi connectivity index (χ0n) is 6.08. The van der Waals surface area contributed by atoms with E-state index >= 15 is 0 Å². The Bertz CT molecular complexity index is 336. The highest BCUT2D eigenvalue weighted by Gasteiger charge is 2.14. The number of Topliss-reactive ketones (excluding diaryl/α,β-unsaturated/α-hetero) is 1. The molecule has 12 heavy (non-hydrogen) atoms. The van der Waals surface area contributed by atoms with Crippen LogP contribution in [-0.4, -0.2) is 11.7 Å². The molecule has 0 saturated carbocycles. The molecular formula is C8H6BrNO2. The maximum absolute atomic E-state index is 11.1. The largest absolute Gasteiger partial charge is 0.363 e. The van der Waals surface area contributed by atoms with Crippen LogP contribution < -0.4 is 5.73 Å². The van der Waals surface area contributed by atoms with Crippen molar-refractivity contribution in [1.82, 2.24) is 0 Å². The minimum absolute atomic E-state index is 0.296. The predicted molar refractivity (Wildman–Crippen MR) is 47.7 cm³/mol. The van der Waals surface area contributed by atoms with E-state index in [4.69, 9.17) is 5.73 Å². The molecule has 1 aromatic carbocycles. The molecule has 2 N–H and O–H groups in total. The molecule has 1 amide bonds. The number of nitrogens with two attached hydrogens (primary N) is 1. The number of carbonyl (C=O) groups excluding carboxylic acids is 2. The first kappa shape index (κ1) is 8.93. The van der Waals surface area contributed by atoms with Crippen molar-refractivity contribution in [3.63, 3.8) is 0 Å². The lowest BCUT2D eigenvalue weighted by Gasteiger charge is -1.98. The summed E-state index contributed by atoms with van der Waals surface area (Å²) >= 11 is 3.14. The molecule has 0 fully saturated rings. The minimum Gasteiger partial charge on any atom is -0.363 e. The van der Waals surface area contributed by atoms with Gasteiger partial charge in [0.25, 0.3) is 11.7 Å². The quantitative estimate of drug-likeness (QED) is 0.608. The monoisotopic (exact) mass is 227 g/mol. The molecule has 3 nitrogen and oxygen atoms in total. The lowest BCUT2D eigenvalue weighted by Crippen LogP contribution is -2.23. The topological polar surface area (TPSA) is 60.2 Å².